The highest BCUT2D eigenvalue weighted by Gasteiger charge is 1.87. The standard InChI is InChI=1S/C9H10N2O/c10-11-9-5-3-8(4-6-9)2-1-7-12/h3-6,11-12H,7,10H2. The third kappa shape index (κ3) is 2.27. The van der Waals surface area contributed by atoms with Crippen LogP contribution in [0.3, 0.4) is 0 Å². The SMILES string of the molecule is NNc1ccc(C#CCO)cc1. The maximum absolute atomic E-state index is 8.42. The van der Waals surface area contributed by atoms with Crippen molar-refractivity contribution in [2.75, 3.05) is 12.0 Å². The molecule has 0 aliphatic heterocycles. The van der Waals surface area contributed by atoms with Crippen molar-refractivity contribution in [3.05, 3.63) is 29.8 Å². The summed E-state index contributed by atoms with van der Waals surface area (Å²) >= 11 is 0. The predicted octanol–water partition coefficient (Wildman–Crippen LogP) is 0.316. The fourth-order valence-electron chi connectivity index (χ4n) is 0.791. The quantitative estimate of drug-likeness (QED) is 0.316. The lowest BCUT2D eigenvalue weighted by Gasteiger charge is -1.97. The Kier molecular flexibility index (Phi) is 3.15. The number of nitrogens with one attached hydrogen (secondary N) is 1. The summed E-state index contributed by atoms with van der Waals surface area (Å²) in [7, 11) is 0. The lowest BCUT2D eigenvalue weighted by Crippen LogP contribution is -2.05. The van der Waals surface area contributed by atoms with Gasteiger partial charge in [0.1, 0.15) is 6.61 Å². The maximum Gasteiger partial charge on any atom is 0.104 e. The highest BCUT2D eigenvalue weighted by Crippen LogP contribution is 2.06. The molecule has 0 amide bonds. The number of rotatable bonds is 1. The van der Waals surface area contributed by atoms with Crippen molar-refractivity contribution in [2.45, 2.75) is 0 Å². The van der Waals surface area contributed by atoms with E-state index in [9.17, 15) is 0 Å². The number of nitrogen functional groups attached to an aromatic ring is 1. The molecule has 1 aromatic rings. The highest BCUT2D eigenvalue weighted by molar-refractivity contribution is 5.47. The van der Waals surface area contributed by atoms with Gasteiger partial charge in [-0.1, -0.05) is 11.8 Å². The molecule has 0 atom stereocenters. The molecule has 0 radical (unpaired) electrons. The second-order valence-electron chi connectivity index (χ2n) is 2.18. The van der Waals surface area contributed by atoms with Gasteiger partial charge in [0.2, 0.25) is 0 Å². The van der Waals surface area contributed by atoms with Gasteiger partial charge in [-0.25, -0.2) is 0 Å². The van der Waals surface area contributed by atoms with Crippen molar-refractivity contribution in [3.8, 4) is 11.8 Å². The van der Waals surface area contributed by atoms with E-state index in [4.69, 9.17) is 10.9 Å². The van der Waals surface area contributed by atoms with Crippen molar-refractivity contribution in [1.82, 2.24) is 0 Å². The van der Waals surface area contributed by atoms with Gasteiger partial charge < -0.3 is 10.5 Å². The van der Waals surface area contributed by atoms with Gasteiger partial charge in [-0.3, -0.25) is 5.84 Å². The molecule has 0 aliphatic carbocycles. The zero-order valence-corrected chi connectivity index (χ0v) is 6.54. The van der Waals surface area contributed by atoms with Gasteiger partial charge in [-0.05, 0) is 24.3 Å². The lowest BCUT2D eigenvalue weighted by molar-refractivity contribution is 0.350. The second kappa shape index (κ2) is 4.39. The van der Waals surface area contributed by atoms with E-state index in [2.05, 4.69) is 17.3 Å². The van der Waals surface area contributed by atoms with Gasteiger partial charge in [-0.2, -0.15) is 0 Å². The van der Waals surface area contributed by atoms with E-state index >= 15 is 0 Å². The molecule has 62 valence electrons. The number of benzene rings is 1. The molecule has 0 fully saturated rings. The fourth-order valence-corrected chi connectivity index (χ4v) is 0.791. The summed E-state index contributed by atoms with van der Waals surface area (Å²) in [5, 5.41) is 8.42. The molecule has 3 nitrogen and oxygen atoms in total. The molecule has 0 bridgehead atoms. The number of anilines is 1. The average Bonchev–Trinajstić information content (AvgIpc) is 2.15. The van der Waals surface area contributed by atoms with Crippen LogP contribution in [0.5, 0.6) is 0 Å². The first-order chi connectivity index (χ1) is 5.86. The summed E-state index contributed by atoms with van der Waals surface area (Å²) in [6.07, 6.45) is 0. The van der Waals surface area contributed by atoms with E-state index in [1.165, 1.54) is 0 Å². The van der Waals surface area contributed by atoms with E-state index in [-0.39, 0.29) is 6.61 Å². The van der Waals surface area contributed by atoms with E-state index in [1.54, 1.807) is 0 Å². The van der Waals surface area contributed by atoms with Crippen LogP contribution in [0, 0.1) is 11.8 Å². The van der Waals surface area contributed by atoms with E-state index in [0.717, 1.165) is 11.3 Å². The minimum Gasteiger partial charge on any atom is -0.384 e. The number of aliphatic hydroxyl groups is 1. The normalized spacial score (nSPS) is 8.50. The van der Waals surface area contributed by atoms with Gasteiger partial charge in [0.05, 0.1) is 0 Å². The molecule has 0 unspecified atom stereocenters. The predicted molar refractivity (Wildman–Crippen MR) is 48.2 cm³/mol. The number of hydrogen-bond acceptors (Lipinski definition) is 3. The number of hydrogen-bond donors (Lipinski definition) is 3. The average molecular weight is 162 g/mol. The van der Waals surface area contributed by atoms with Crippen LogP contribution in [0.25, 0.3) is 0 Å². The van der Waals surface area contributed by atoms with Crippen molar-refractivity contribution >= 4 is 5.69 Å². The van der Waals surface area contributed by atoms with Gasteiger partial charge >= 0.3 is 0 Å². The van der Waals surface area contributed by atoms with E-state index in [0.29, 0.717) is 0 Å². The third-order valence-electron chi connectivity index (χ3n) is 1.36. The van der Waals surface area contributed by atoms with E-state index in [1.807, 2.05) is 24.3 Å². The van der Waals surface area contributed by atoms with Crippen molar-refractivity contribution in [3.63, 3.8) is 0 Å². The monoisotopic (exact) mass is 162 g/mol. The van der Waals surface area contributed by atoms with Crippen molar-refractivity contribution in [1.29, 1.82) is 0 Å². The summed E-state index contributed by atoms with van der Waals surface area (Å²) in [6.45, 7) is -0.114. The molecule has 3 heteroatoms. The number of hydrazine groups is 1. The summed E-state index contributed by atoms with van der Waals surface area (Å²) in [4.78, 5) is 0. The fraction of sp³-hybridized carbons (Fsp3) is 0.111. The third-order valence-corrected chi connectivity index (χ3v) is 1.36. The smallest absolute Gasteiger partial charge is 0.104 e. The lowest BCUT2D eigenvalue weighted by atomic mass is 10.2. The first kappa shape index (κ1) is 8.60. The summed E-state index contributed by atoms with van der Waals surface area (Å²) in [5.74, 6) is 10.5. The van der Waals surface area contributed by atoms with Crippen molar-refractivity contribution < 1.29 is 5.11 Å². The molecule has 12 heavy (non-hydrogen) atoms. The molecule has 1 aromatic carbocycles. The number of aliphatic hydroxyl groups excluding tert-OH is 1. The Labute approximate surface area is 71.2 Å². The molecular weight excluding hydrogens is 152 g/mol. The van der Waals surface area contributed by atoms with Crippen molar-refractivity contribution in [2.24, 2.45) is 5.84 Å². The minimum absolute atomic E-state index is 0.114. The van der Waals surface area contributed by atoms with Gasteiger partial charge in [0.25, 0.3) is 0 Å². The Hall–Kier alpha value is -1.50. The highest BCUT2D eigenvalue weighted by atomic mass is 16.2. The molecular formula is C9H10N2O. The Morgan fingerprint density at radius 1 is 1.33 bits per heavy atom. The first-order valence-corrected chi connectivity index (χ1v) is 3.53. The Morgan fingerprint density at radius 3 is 2.50 bits per heavy atom. The molecule has 0 saturated heterocycles. The van der Waals surface area contributed by atoms with Gasteiger partial charge in [0.15, 0.2) is 0 Å². The number of nitrogens with two attached hydrogens (primary N) is 1. The summed E-state index contributed by atoms with van der Waals surface area (Å²) < 4.78 is 0. The van der Waals surface area contributed by atoms with Gasteiger partial charge in [0, 0.05) is 11.3 Å². The topological polar surface area (TPSA) is 58.3 Å². The molecule has 0 aliphatic rings. The van der Waals surface area contributed by atoms with Gasteiger partial charge in [-0.15, -0.1) is 0 Å². The molecule has 4 N–H and O–H groups in total. The van der Waals surface area contributed by atoms with Crippen LogP contribution in [0.4, 0.5) is 5.69 Å². The van der Waals surface area contributed by atoms with Crippen LogP contribution in [-0.4, -0.2) is 11.7 Å². The molecule has 0 spiro atoms. The van der Waals surface area contributed by atoms with Crippen LogP contribution in [0.1, 0.15) is 5.56 Å². The Bertz CT molecular complexity index is 295. The van der Waals surface area contributed by atoms with Crippen LogP contribution >= 0.6 is 0 Å². The zero-order chi connectivity index (χ0) is 8.81. The van der Waals surface area contributed by atoms with E-state index < -0.39 is 0 Å². The van der Waals surface area contributed by atoms with Crippen LogP contribution in [-0.2, 0) is 0 Å². The molecule has 0 saturated carbocycles. The molecule has 1 rings (SSSR count). The Morgan fingerprint density at radius 2 is 2.00 bits per heavy atom. The van der Waals surface area contributed by atoms with Crippen LogP contribution in [0.2, 0.25) is 0 Å². The zero-order valence-electron chi connectivity index (χ0n) is 6.54. The largest absolute Gasteiger partial charge is 0.384 e. The minimum atomic E-state index is -0.114. The Balaban J connectivity index is 2.78. The first-order valence-electron chi connectivity index (χ1n) is 3.53. The second-order valence-corrected chi connectivity index (χ2v) is 2.18. The molecule has 0 aromatic heterocycles. The summed E-state index contributed by atoms with van der Waals surface area (Å²) in [5.41, 5.74) is 4.21. The summed E-state index contributed by atoms with van der Waals surface area (Å²) in [6, 6.07) is 7.30. The van der Waals surface area contributed by atoms with Crippen LogP contribution in [0.15, 0.2) is 24.3 Å². The van der Waals surface area contributed by atoms with Crippen LogP contribution < -0.4 is 11.3 Å². The molecule has 0 heterocycles. The maximum atomic E-state index is 8.42.